The van der Waals surface area contributed by atoms with E-state index in [9.17, 15) is 18.0 Å². The van der Waals surface area contributed by atoms with Crippen molar-refractivity contribution < 1.29 is 22.5 Å². The molecule has 0 aliphatic carbocycles. The lowest BCUT2D eigenvalue weighted by Gasteiger charge is -2.43. The summed E-state index contributed by atoms with van der Waals surface area (Å²) in [5.41, 5.74) is 0. The van der Waals surface area contributed by atoms with Gasteiger partial charge in [-0.2, -0.15) is 13.2 Å². The van der Waals surface area contributed by atoms with Gasteiger partial charge in [0.25, 0.3) is 0 Å². The lowest BCUT2D eigenvalue weighted by molar-refractivity contribution is -0.171. The molecule has 9 heteroatoms. The predicted octanol–water partition coefficient (Wildman–Crippen LogP) is 4.88. The second-order valence-corrected chi connectivity index (χ2v) is 8.82. The van der Waals surface area contributed by atoms with Crippen LogP contribution in [-0.4, -0.2) is 52.0 Å². The molecule has 2 unspecified atom stereocenters. The summed E-state index contributed by atoms with van der Waals surface area (Å²) in [5, 5.41) is 2.10. The molecule has 1 amide bonds. The molecule has 26 heavy (non-hydrogen) atoms. The molecule has 1 N–H and O–H groups in total. The molecule has 0 saturated carbocycles. The van der Waals surface area contributed by atoms with Crippen LogP contribution in [0, 0.1) is 0 Å². The molecular weight excluding hydrogens is 366 g/mol. The SMILES string of the molecule is CCC(OP(NC(=O)C(F)(F)F)N(C(C)C)C(C)C)N(C(C)C)C(C)C. The van der Waals surface area contributed by atoms with Gasteiger partial charge >= 0.3 is 12.1 Å². The predicted molar refractivity (Wildman–Crippen MR) is 101 cm³/mol. The number of rotatable bonds is 10. The Bertz CT molecular complexity index is 416. The molecule has 0 aliphatic rings. The summed E-state index contributed by atoms with van der Waals surface area (Å²) in [4.78, 5) is 13.7. The molecule has 0 radical (unpaired) electrons. The molecular formula is C17H35F3N3O2P. The Kier molecular flexibility index (Phi) is 10.6. The molecule has 0 aromatic rings. The maximum absolute atomic E-state index is 12.8. The highest BCUT2D eigenvalue weighted by atomic mass is 31.2. The fraction of sp³-hybridized carbons (Fsp3) is 0.941. The summed E-state index contributed by atoms with van der Waals surface area (Å²) < 4.78 is 46.4. The van der Waals surface area contributed by atoms with Crippen LogP contribution in [0.3, 0.4) is 0 Å². The van der Waals surface area contributed by atoms with Gasteiger partial charge in [0.15, 0.2) is 0 Å². The first kappa shape index (κ1) is 25.6. The van der Waals surface area contributed by atoms with E-state index < -0.39 is 26.8 Å². The van der Waals surface area contributed by atoms with E-state index >= 15 is 0 Å². The number of hydrogen-bond donors (Lipinski definition) is 1. The summed E-state index contributed by atoms with van der Waals surface area (Å²) in [5.74, 6) is -1.97. The van der Waals surface area contributed by atoms with E-state index in [0.29, 0.717) is 6.42 Å². The molecule has 0 heterocycles. The molecule has 0 aromatic carbocycles. The summed E-state index contributed by atoms with van der Waals surface area (Å²) >= 11 is 0. The number of halogens is 3. The normalized spacial score (nSPS) is 15.6. The number of amides is 1. The third-order valence-corrected chi connectivity index (χ3v) is 6.00. The molecule has 5 nitrogen and oxygen atoms in total. The average Bonchev–Trinajstić information content (AvgIpc) is 2.43. The van der Waals surface area contributed by atoms with Crippen molar-refractivity contribution in [3.8, 4) is 0 Å². The fourth-order valence-corrected chi connectivity index (χ4v) is 4.93. The summed E-state index contributed by atoms with van der Waals surface area (Å²) in [6.07, 6.45) is -4.74. The maximum atomic E-state index is 12.8. The third-order valence-electron chi connectivity index (χ3n) is 3.82. The number of alkyl halides is 3. The minimum atomic E-state index is -4.94. The number of nitrogens with zero attached hydrogens (tertiary/aromatic N) is 2. The van der Waals surface area contributed by atoms with Crippen molar-refractivity contribution in [1.29, 1.82) is 0 Å². The number of nitrogens with one attached hydrogen (secondary N) is 1. The summed E-state index contributed by atoms with van der Waals surface area (Å²) in [6, 6.07) is 0.140. The van der Waals surface area contributed by atoms with Crippen molar-refractivity contribution in [2.75, 3.05) is 0 Å². The Balaban J connectivity index is 5.72. The Labute approximate surface area is 157 Å². The van der Waals surface area contributed by atoms with E-state index in [-0.39, 0.29) is 24.2 Å². The van der Waals surface area contributed by atoms with Gasteiger partial charge in [-0.3, -0.25) is 14.8 Å². The quantitative estimate of drug-likeness (QED) is 0.419. The van der Waals surface area contributed by atoms with Crippen molar-refractivity contribution >= 4 is 14.4 Å². The van der Waals surface area contributed by atoms with Gasteiger partial charge in [-0.1, -0.05) is 6.92 Å². The Morgan fingerprint density at radius 2 is 1.38 bits per heavy atom. The zero-order chi connectivity index (χ0) is 20.8. The molecule has 0 aromatic heterocycles. The largest absolute Gasteiger partial charge is 0.471 e. The van der Waals surface area contributed by atoms with Gasteiger partial charge < -0.3 is 4.52 Å². The lowest BCUT2D eigenvalue weighted by Crippen LogP contribution is -2.48. The highest BCUT2D eigenvalue weighted by Gasteiger charge is 2.43. The van der Waals surface area contributed by atoms with E-state index in [0.717, 1.165) is 0 Å². The lowest BCUT2D eigenvalue weighted by atomic mass is 10.2. The van der Waals surface area contributed by atoms with Gasteiger partial charge in [-0.15, -0.1) is 0 Å². The second kappa shape index (κ2) is 10.8. The molecule has 0 bridgehead atoms. The van der Waals surface area contributed by atoms with Crippen molar-refractivity contribution in [2.24, 2.45) is 0 Å². The Morgan fingerprint density at radius 1 is 0.962 bits per heavy atom. The zero-order valence-electron chi connectivity index (χ0n) is 17.4. The Hall–Kier alpha value is -0.430. The van der Waals surface area contributed by atoms with E-state index in [2.05, 4.69) is 9.99 Å². The van der Waals surface area contributed by atoms with E-state index in [1.807, 2.05) is 62.3 Å². The van der Waals surface area contributed by atoms with Crippen LogP contribution in [0.4, 0.5) is 13.2 Å². The van der Waals surface area contributed by atoms with Crippen LogP contribution in [-0.2, 0) is 9.32 Å². The standard InChI is InChI=1S/C17H35F3N3O2P/c1-10-15(22(11(2)3)12(4)5)25-26(21-16(24)17(18,19)20)23(13(6)7)14(8)9/h11-15H,10H2,1-9H3,(H,21,24). The minimum Gasteiger partial charge on any atom is -0.308 e. The smallest absolute Gasteiger partial charge is 0.308 e. The van der Waals surface area contributed by atoms with Gasteiger partial charge in [0.05, 0.1) is 0 Å². The number of carbonyl (C=O) groups is 1. The van der Waals surface area contributed by atoms with E-state index in [4.69, 9.17) is 4.52 Å². The van der Waals surface area contributed by atoms with Gasteiger partial charge in [0.1, 0.15) is 6.23 Å². The molecule has 0 fully saturated rings. The van der Waals surface area contributed by atoms with Crippen molar-refractivity contribution in [2.45, 2.75) is 105 Å². The van der Waals surface area contributed by atoms with Crippen LogP contribution in [0.15, 0.2) is 0 Å². The van der Waals surface area contributed by atoms with Crippen molar-refractivity contribution in [3.05, 3.63) is 0 Å². The van der Waals surface area contributed by atoms with Gasteiger partial charge in [0, 0.05) is 24.2 Å². The minimum absolute atomic E-state index is 0.0845. The van der Waals surface area contributed by atoms with Crippen LogP contribution in [0.5, 0.6) is 0 Å². The second-order valence-electron chi connectivity index (χ2n) is 7.38. The van der Waals surface area contributed by atoms with Crippen LogP contribution in [0.2, 0.25) is 0 Å². The Morgan fingerprint density at radius 3 is 1.65 bits per heavy atom. The molecule has 0 saturated heterocycles. The van der Waals surface area contributed by atoms with Crippen LogP contribution in [0.1, 0.15) is 68.7 Å². The molecule has 0 aliphatic heterocycles. The zero-order valence-corrected chi connectivity index (χ0v) is 18.3. The summed E-state index contributed by atoms with van der Waals surface area (Å²) in [7, 11) is -1.96. The average molecular weight is 401 g/mol. The van der Waals surface area contributed by atoms with E-state index in [1.54, 1.807) is 4.67 Å². The maximum Gasteiger partial charge on any atom is 0.471 e. The fourth-order valence-electron chi connectivity index (χ4n) is 3.02. The van der Waals surface area contributed by atoms with E-state index in [1.165, 1.54) is 0 Å². The topological polar surface area (TPSA) is 44.8 Å². The highest BCUT2D eigenvalue weighted by Crippen LogP contribution is 2.44. The molecule has 0 spiro atoms. The monoisotopic (exact) mass is 401 g/mol. The van der Waals surface area contributed by atoms with Crippen molar-refractivity contribution in [1.82, 2.24) is 14.7 Å². The molecule has 156 valence electrons. The van der Waals surface area contributed by atoms with Gasteiger partial charge in [-0.05, 0) is 61.8 Å². The van der Waals surface area contributed by atoms with Gasteiger partial charge in [-0.25, -0.2) is 4.67 Å². The number of hydrogen-bond acceptors (Lipinski definition) is 4. The summed E-state index contributed by atoms with van der Waals surface area (Å²) in [6.45, 7) is 17.5. The van der Waals surface area contributed by atoms with Crippen LogP contribution >= 0.6 is 8.45 Å². The van der Waals surface area contributed by atoms with Crippen LogP contribution in [0.25, 0.3) is 0 Å². The van der Waals surface area contributed by atoms with Gasteiger partial charge in [0.2, 0.25) is 8.45 Å². The molecule has 0 rings (SSSR count). The first-order chi connectivity index (χ1) is 11.7. The molecule has 2 atom stereocenters. The van der Waals surface area contributed by atoms with Crippen LogP contribution < -0.4 is 5.09 Å². The van der Waals surface area contributed by atoms with Crippen molar-refractivity contribution in [3.63, 3.8) is 0 Å². The first-order valence-electron chi connectivity index (χ1n) is 9.14. The first-order valence-corrected chi connectivity index (χ1v) is 10.4. The highest BCUT2D eigenvalue weighted by molar-refractivity contribution is 7.48. The number of carbonyl (C=O) groups excluding carboxylic acids is 1. The third kappa shape index (κ3) is 7.67.